The van der Waals surface area contributed by atoms with E-state index in [1.54, 1.807) is 4.90 Å². The summed E-state index contributed by atoms with van der Waals surface area (Å²) >= 11 is 0. The Labute approximate surface area is 148 Å². The molecule has 5 nitrogen and oxygen atoms in total. The monoisotopic (exact) mass is 361 g/mol. The highest BCUT2D eigenvalue weighted by Crippen LogP contribution is 2.23. The van der Waals surface area contributed by atoms with Crippen LogP contribution in [0.5, 0.6) is 5.75 Å². The van der Waals surface area contributed by atoms with Gasteiger partial charge in [-0.05, 0) is 36.4 Å². The van der Waals surface area contributed by atoms with Crippen molar-refractivity contribution in [2.75, 3.05) is 13.1 Å². The van der Waals surface area contributed by atoms with E-state index in [0.717, 1.165) is 12.1 Å². The van der Waals surface area contributed by atoms with E-state index >= 15 is 0 Å². The van der Waals surface area contributed by atoms with E-state index in [4.69, 9.17) is 9.84 Å². The van der Waals surface area contributed by atoms with Crippen LogP contribution in [0.15, 0.2) is 42.5 Å². The zero-order valence-corrected chi connectivity index (χ0v) is 13.8. The molecule has 1 saturated heterocycles. The summed E-state index contributed by atoms with van der Waals surface area (Å²) in [5, 5.41) is 8.89. The highest BCUT2D eigenvalue weighted by molar-refractivity contribution is 5.95. The van der Waals surface area contributed by atoms with Crippen LogP contribution in [-0.2, 0) is 0 Å². The van der Waals surface area contributed by atoms with Gasteiger partial charge >= 0.3 is 5.97 Å². The first-order valence-electron chi connectivity index (χ1n) is 8.18. The van der Waals surface area contributed by atoms with Gasteiger partial charge in [0.2, 0.25) is 0 Å². The number of halogens is 2. The van der Waals surface area contributed by atoms with E-state index in [2.05, 4.69) is 0 Å². The Kier molecular flexibility index (Phi) is 5.16. The molecule has 26 heavy (non-hydrogen) atoms. The molecule has 0 radical (unpaired) electrons. The van der Waals surface area contributed by atoms with Crippen LogP contribution in [0.1, 0.15) is 33.6 Å². The lowest BCUT2D eigenvalue weighted by Crippen LogP contribution is -2.41. The average Bonchev–Trinajstić information content (AvgIpc) is 2.64. The van der Waals surface area contributed by atoms with E-state index in [1.165, 1.54) is 30.3 Å². The molecule has 0 aliphatic carbocycles. The lowest BCUT2D eigenvalue weighted by molar-refractivity contribution is 0.0586. The van der Waals surface area contributed by atoms with E-state index in [-0.39, 0.29) is 23.3 Å². The fourth-order valence-corrected chi connectivity index (χ4v) is 2.87. The van der Waals surface area contributed by atoms with Crippen LogP contribution in [0.2, 0.25) is 0 Å². The number of piperidine rings is 1. The van der Waals surface area contributed by atoms with Crippen molar-refractivity contribution in [3.05, 3.63) is 65.2 Å². The number of hydrogen-bond acceptors (Lipinski definition) is 3. The first kappa shape index (κ1) is 17.8. The van der Waals surface area contributed by atoms with E-state index < -0.39 is 17.6 Å². The van der Waals surface area contributed by atoms with Crippen LogP contribution in [0.25, 0.3) is 0 Å². The molecule has 1 aliphatic heterocycles. The highest BCUT2D eigenvalue weighted by atomic mass is 19.1. The molecule has 0 unspecified atom stereocenters. The number of hydrogen-bond donors (Lipinski definition) is 1. The normalized spacial score (nSPS) is 14.9. The molecule has 0 bridgehead atoms. The summed E-state index contributed by atoms with van der Waals surface area (Å²) in [6, 6.07) is 8.93. The minimum atomic E-state index is -1.05. The maximum absolute atomic E-state index is 13.6. The van der Waals surface area contributed by atoms with Crippen molar-refractivity contribution in [2.24, 2.45) is 0 Å². The zero-order chi connectivity index (χ0) is 18.7. The summed E-state index contributed by atoms with van der Waals surface area (Å²) in [7, 11) is 0. The molecule has 136 valence electrons. The molecule has 2 aromatic rings. The fourth-order valence-electron chi connectivity index (χ4n) is 2.87. The first-order valence-corrected chi connectivity index (χ1v) is 8.18. The van der Waals surface area contributed by atoms with Crippen LogP contribution in [0, 0.1) is 11.6 Å². The number of carboxylic acid groups (broad SMARTS) is 1. The first-order chi connectivity index (χ1) is 12.4. The predicted molar refractivity (Wildman–Crippen MR) is 89.3 cm³/mol. The second-order valence-electron chi connectivity index (χ2n) is 6.07. The molecule has 0 saturated carbocycles. The Hall–Kier alpha value is -2.96. The van der Waals surface area contributed by atoms with Gasteiger partial charge in [0, 0.05) is 37.6 Å². The van der Waals surface area contributed by atoms with Crippen molar-refractivity contribution in [1.29, 1.82) is 0 Å². The predicted octanol–water partition coefficient (Wildman–Crippen LogP) is 3.35. The van der Waals surface area contributed by atoms with Crippen molar-refractivity contribution in [2.45, 2.75) is 18.9 Å². The maximum Gasteiger partial charge on any atom is 0.335 e. The van der Waals surface area contributed by atoms with Gasteiger partial charge < -0.3 is 14.7 Å². The van der Waals surface area contributed by atoms with Gasteiger partial charge in [0.15, 0.2) is 11.6 Å². The van der Waals surface area contributed by atoms with E-state index in [0.29, 0.717) is 31.5 Å². The van der Waals surface area contributed by atoms with Gasteiger partial charge in [-0.15, -0.1) is 0 Å². The molecule has 1 fully saturated rings. The van der Waals surface area contributed by atoms with Gasteiger partial charge in [0.1, 0.15) is 11.9 Å². The number of nitrogens with zero attached hydrogens (tertiary/aromatic N) is 1. The number of carbonyl (C=O) groups is 2. The van der Waals surface area contributed by atoms with Crippen molar-refractivity contribution in [3.63, 3.8) is 0 Å². The number of carbonyl (C=O) groups excluding carboxylic acids is 1. The quantitative estimate of drug-likeness (QED) is 0.907. The summed E-state index contributed by atoms with van der Waals surface area (Å²) in [5.74, 6) is -2.64. The van der Waals surface area contributed by atoms with Crippen LogP contribution in [-0.4, -0.2) is 41.1 Å². The van der Waals surface area contributed by atoms with Crippen LogP contribution in [0.4, 0.5) is 8.78 Å². The Morgan fingerprint density at radius 1 is 1.00 bits per heavy atom. The molecule has 7 heteroatoms. The lowest BCUT2D eigenvalue weighted by Gasteiger charge is -2.32. The zero-order valence-electron chi connectivity index (χ0n) is 13.8. The highest BCUT2D eigenvalue weighted by Gasteiger charge is 2.25. The number of amides is 1. The SMILES string of the molecule is O=C(O)c1ccc(C(=O)N2CCC(Oc3ccc(F)cc3F)CC2)cc1. The lowest BCUT2D eigenvalue weighted by atomic mass is 10.1. The third-order valence-corrected chi connectivity index (χ3v) is 4.30. The summed E-state index contributed by atoms with van der Waals surface area (Å²) in [6.45, 7) is 0.875. The molecule has 1 amide bonds. The van der Waals surface area contributed by atoms with E-state index in [9.17, 15) is 18.4 Å². The second kappa shape index (κ2) is 7.51. The number of benzene rings is 2. The molecule has 0 atom stereocenters. The molecular formula is C19H17F2NO4. The third kappa shape index (κ3) is 3.99. The minimum Gasteiger partial charge on any atom is -0.487 e. The Morgan fingerprint density at radius 2 is 1.62 bits per heavy atom. The second-order valence-corrected chi connectivity index (χ2v) is 6.07. The van der Waals surface area contributed by atoms with Gasteiger partial charge in [-0.25, -0.2) is 13.6 Å². The molecule has 2 aromatic carbocycles. The van der Waals surface area contributed by atoms with Gasteiger partial charge in [-0.1, -0.05) is 0 Å². The molecule has 1 N–H and O–H groups in total. The van der Waals surface area contributed by atoms with Crippen molar-refractivity contribution >= 4 is 11.9 Å². The molecule has 1 aliphatic rings. The Balaban J connectivity index is 1.57. The number of aromatic carboxylic acids is 1. The Morgan fingerprint density at radius 3 is 2.19 bits per heavy atom. The van der Waals surface area contributed by atoms with Crippen LogP contribution < -0.4 is 4.74 Å². The van der Waals surface area contributed by atoms with E-state index in [1.807, 2.05) is 0 Å². The smallest absolute Gasteiger partial charge is 0.335 e. The van der Waals surface area contributed by atoms with Crippen molar-refractivity contribution in [1.82, 2.24) is 4.90 Å². The number of ether oxygens (including phenoxy) is 1. The summed E-state index contributed by atoms with van der Waals surface area (Å²) < 4.78 is 32.1. The maximum atomic E-state index is 13.6. The molecule has 1 heterocycles. The van der Waals surface area contributed by atoms with Crippen LogP contribution in [0.3, 0.4) is 0 Å². The van der Waals surface area contributed by atoms with Crippen molar-refractivity contribution < 1.29 is 28.2 Å². The average molecular weight is 361 g/mol. The van der Waals surface area contributed by atoms with Crippen molar-refractivity contribution in [3.8, 4) is 5.75 Å². The standard InChI is InChI=1S/C19H17F2NO4/c20-14-5-6-17(16(21)11-14)26-15-7-9-22(10-8-15)18(23)12-1-3-13(4-2-12)19(24)25/h1-6,11,15H,7-10H2,(H,24,25). The van der Waals surface area contributed by atoms with Gasteiger partial charge in [-0.3, -0.25) is 4.79 Å². The summed E-state index contributed by atoms with van der Waals surface area (Å²) in [5.41, 5.74) is 0.536. The molecule has 0 spiro atoms. The summed E-state index contributed by atoms with van der Waals surface area (Å²) in [6.07, 6.45) is 0.791. The number of rotatable bonds is 4. The number of likely N-dealkylation sites (tertiary alicyclic amines) is 1. The molecule has 3 rings (SSSR count). The molecular weight excluding hydrogens is 344 g/mol. The minimum absolute atomic E-state index is 0.000404. The van der Waals surface area contributed by atoms with Gasteiger partial charge in [-0.2, -0.15) is 0 Å². The van der Waals surface area contributed by atoms with Crippen LogP contribution >= 0.6 is 0 Å². The van der Waals surface area contributed by atoms with Gasteiger partial charge in [0.25, 0.3) is 5.91 Å². The largest absolute Gasteiger partial charge is 0.487 e. The summed E-state index contributed by atoms with van der Waals surface area (Å²) in [4.78, 5) is 25.0. The number of carboxylic acids is 1. The van der Waals surface area contributed by atoms with Gasteiger partial charge in [0.05, 0.1) is 5.56 Å². The topological polar surface area (TPSA) is 66.8 Å². The third-order valence-electron chi connectivity index (χ3n) is 4.30. The molecule has 0 aromatic heterocycles. The fraction of sp³-hybridized carbons (Fsp3) is 0.263. The Bertz CT molecular complexity index is 815.